The second-order valence-corrected chi connectivity index (χ2v) is 5.61. The lowest BCUT2D eigenvalue weighted by Gasteiger charge is -2.33. The standard InChI is InChI=1S/C15H16O4/c1-7-4-5-10-9(3)14(17)19-13(10)15(18)8(2)6-11(16)12(7)15/h6,10,13,18H,3-5H2,1-2H3/t10-,13-,15+/m0/s1. The maximum atomic E-state index is 12.1. The maximum absolute atomic E-state index is 12.1. The summed E-state index contributed by atoms with van der Waals surface area (Å²) in [5.74, 6) is -0.861. The molecule has 0 saturated carbocycles. The van der Waals surface area contributed by atoms with Crippen LogP contribution in [0.15, 0.2) is 34.9 Å². The number of carbonyl (C=O) groups excluding carboxylic acids is 2. The van der Waals surface area contributed by atoms with Gasteiger partial charge in [0.2, 0.25) is 0 Å². The van der Waals surface area contributed by atoms with Crippen molar-refractivity contribution in [2.24, 2.45) is 5.92 Å². The Bertz CT molecular complexity index is 581. The molecule has 2 aliphatic carbocycles. The van der Waals surface area contributed by atoms with E-state index in [-0.39, 0.29) is 11.7 Å². The van der Waals surface area contributed by atoms with Gasteiger partial charge in [-0.05, 0) is 38.3 Å². The van der Waals surface area contributed by atoms with E-state index in [1.165, 1.54) is 6.08 Å². The Morgan fingerprint density at radius 3 is 2.79 bits per heavy atom. The van der Waals surface area contributed by atoms with Crippen LogP contribution in [0.4, 0.5) is 0 Å². The summed E-state index contributed by atoms with van der Waals surface area (Å²) in [6.45, 7) is 7.33. The fourth-order valence-corrected chi connectivity index (χ4v) is 3.47. The van der Waals surface area contributed by atoms with Gasteiger partial charge in [-0.3, -0.25) is 4.79 Å². The van der Waals surface area contributed by atoms with Crippen molar-refractivity contribution in [2.45, 2.75) is 38.4 Å². The van der Waals surface area contributed by atoms with Crippen LogP contribution in [0.2, 0.25) is 0 Å². The average Bonchev–Trinajstić information content (AvgIpc) is 2.70. The van der Waals surface area contributed by atoms with Gasteiger partial charge in [0.15, 0.2) is 11.4 Å². The molecule has 1 N–H and O–H groups in total. The molecule has 0 unspecified atom stereocenters. The van der Waals surface area contributed by atoms with Crippen LogP contribution in [0.1, 0.15) is 26.7 Å². The number of hydrogen-bond acceptors (Lipinski definition) is 4. The van der Waals surface area contributed by atoms with Crippen molar-refractivity contribution in [2.75, 3.05) is 0 Å². The molecule has 0 aromatic carbocycles. The Morgan fingerprint density at radius 1 is 1.42 bits per heavy atom. The molecule has 0 aromatic heterocycles. The topological polar surface area (TPSA) is 63.6 Å². The first-order chi connectivity index (χ1) is 8.87. The molecular weight excluding hydrogens is 244 g/mol. The lowest BCUT2D eigenvalue weighted by atomic mass is 9.79. The van der Waals surface area contributed by atoms with Crippen molar-refractivity contribution in [1.82, 2.24) is 0 Å². The highest BCUT2D eigenvalue weighted by Gasteiger charge is 2.58. The fourth-order valence-electron chi connectivity index (χ4n) is 3.47. The third kappa shape index (κ3) is 1.38. The minimum atomic E-state index is -1.47. The number of allylic oxidation sites excluding steroid dienone is 2. The van der Waals surface area contributed by atoms with E-state index in [1.807, 2.05) is 6.92 Å². The Morgan fingerprint density at radius 2 is 2.11 bits per heavy atom. The predicted molar refractivity (Wildman–Crippen MR) is 68.2 cm³/mol. The van der Waals surface area contributed by atoms with E-state index in [2.05, 4.69) is 6.58 Å². The molecule has 0 aromatic rings. The van der Waals surface area contributed by atoms with E-state index in [9.17, 15) is 14.7 Å². The zero-order chi connectivity index (χ0) is 13.9. The summed E-state index contributed by atoms with van der Waals surface area (Å²) >= 11 is 0. The second-order valence-electron chi connectivity index (χ2n) is 5.61. The van der Waals surface area contributed by atoms with Crippen molar-refractivity contribution in [1.29, 1.82) is 0 Å². The van der Waals surface area contributed by atoms with Crippen molar-refractivity contribution in [3.8, 4) is 0 Å². The lowest BCUT2D eigenvalue weighted by molar-refractivity contribution is -0.147. The maximum Gasteiger partial charge on any atom is 0.334 e. The van der Waals surface area contributed by atoms with Gasteiger partial charge in [0, 0.05) is 17.1 Å². The summed E-state index contributed by atoms with van der Waals surface area (Å²) in [7, 11) is 0. The summed E-state index contributed by atoms with van der Waals surface area (Å²) in [5.41, 5.74) is 0.738. The van der Waals surface area contributed by atoms with Gasteiger partial charge in [0.05, 0.1) is 0 Å². The molecular formula is C15H16O4. The number of rotatable bonds is 0. The van der Waals surface area contributed by atoms with Crippen LogP contribution < -0.4 is 0 Å². The van der Waals surface area contributed by atoms with Crippen molar-refractivity contribution >= 4 is 11.8 Å². The number of esters is 1. The number of ether oxygens (including phenoxy) is 1. The molecule has 1 heterocycles. The summed E-state index contributed by atoms with van der Waals surface area (Å²) in [5, 5.41) is 11.0. The van der Waals surface area contributed by atoms with Crippen molar-refractivity contribution < 1.29 is 19.4 Å². The Hall–Kier alpha value is -1.68. The van der Waals surface area contributed by atoms with Gasteiger partial charge in [0.25, 0.3) is 0 Å². The Kier molecular flexibility index (Phi) is 2.39. The van der Waals surface area contributed by atoms with Gasteiger partial charge in [0.1, 0.15) is 6.10 Å². The molecule has 1 fully saturated rings. The van der Waals surface area contributed by atoms with Gasteiger partial charge >= 0.3 is 5.97 Å². The predicted octanol–water partition coefficient (Wildman–Crippen LogP) is 1.45. The van der Waals surface area contributed by atoms with Crippen LogP contribution in [0, 0.1) is 5.92 Å². The van der Waals surface area contributed by atoms with Crippen LogP contribution in [-0.4, -0.2) is 28.6 Å². The number of aliphatic hydroxyl groups is 1. The van der Waals surface area contributed by atoms with E-state index in [1.54, 1.807) is 6.92 Å². The van der Waals surface area contributed by atoms with Gasteiger partial charge in [-0.25, -0.2) is 4.79 Å². The van der Waals surface area contributed by atoms with Crippen LogP contribution in [0.3, 0.4) is 0 Å². The minimum Gasteiger partial charge on any atom is -0.455 e. The number of ketones is 1. The molecule has 0 radical (unpaired) electrons. The molecule has 0 amide bonds. The monoisotopic (exact) mass is 260 g/mol. The molecule has 3 aliphatic rings. The molecule has 4 nitrogen and oxygen atoms in total. The molecule has 0 bridgehead atoms. The summed E-state index contributed by atoms with van der Waals surface area (Å²) < 4.78 is 5.33. The summed E-state index contributed by atoms with van der Waals surface area (Å²) in [6, 6.07) is 0. The van der Waals surface area contributed by atoms with Crippen LogP contribution in [-0.2, 0) is 14.3 Å². The van der Waals surface area contributed by atoms with Gasteiger partial charge < -0.3 is 9.84 Å². The smallest absolute Gasteiger partial charge is 0.334 e. The Labute approximate surface area is 111 Å². The minimum absolute atomic E-state index is 0.174. The molecule has 4 heteroatoms. The third-order valence-electron chi connectivity index (χ3n) is 4.55. The van der Waals surface area contributed by atoms with E-state index in [0.29, 0.717) is 29.6 Å². The molecule has 19 heavy (non-hydrogen) atoms. The van der Waals surface area contributed by atoms with Crippen LogP contribution >= 0.6 is 0 Å². The quantitative estimate of drug-likeness (QED) is 0.529. The number of fused-ring (bicyclic) bond motifs is 3. The SMILES string of the molecule is C=C1C(=O)O[C@H]2[C@H]1CCC(C)=C1C(=O)C=C(C)[C@@]12O. The lowest BCUT2D eigenvalue weighted by Crippen LogP contribution is -2.46. The first kappa shape index (κ1) is 12.4. The van der Waals surface area contributed by atoms with Gasteiger partial charge in [-0.2, -0.15) is 0 Å². The molecule has 3 atom stereocenters. The third-order valence-corrected chi connectivity index (χ3v) is 4.55. The van der Waals surface area contributed by atoms with E-state index < -0.39 is 17.7 Å². The first-order valence-electron chi connectivity index (χ1n) is 6.43. The highest BCUT2D eigenvalue weighted by molar-refractivity contribution is 6.11. The van der Waals surface area contributed by atoms with Crippen LogP contribution in [0.5, 0.6) is 0 Å². The van der Waals surface area contributed by atoms with Crippen LogP contribution in [0.25, 0.3) is 0 Å². The Balaban J connectivity index is 2.20. The number of hydrogen-bond donors (Lipinski definition) is 1. The fraction of sp³-hybridized carbons (Fsp3) is 0.467. The van der Waals surface area contributed by atoms with E-state index >= 15 is 0 Å². The van der Waals surface area contributed by atoms with E-state index in [0.717, 1.165) is 5.57 Å². The zero-order valence-corrected chi connectivity index (χ0v) is 11.0. The second kappa shape index (κ2) is 3.67. The highest BCUT2D eigenvalue weighted by atomic mass is 16.6. The summed E-state index contributed by atoms with van der Waals surface area (Å²) in [6.07, 6.45) is 2.06. The molecule has 0 spiro atoms. The molecule has 100 valence electrons. The average molecular weight is 260 g/mol. The van der Waals surface area contributed by atoms with Crippen molar-refractivity contribution in [3.05, 3.63) is 34.9 Å². The number of carbonyl (C=O) groups is 2. The first-order valence-corrected chi connectivity index (χ1v) is 6.43. The van der Waals surface area contributed by atoms with E-state index in [4.69, 9.17) is 4.74 Å². The molecule has 1 saturated heterocycles. The summed E-state index contributed by atoms with van der Waals surface area (Å²) in [4.78, 5) is 23.8. The molecule has 3 rings (SSSR count). The molecule has 1 aliphatic heterocycles. The highest BCUT2D eigenvalue weighted by Crippen LogP contribution is 2.49. The van der Waals surface area contributed by atoms with Crippen molar-refractivity contribution in [3.63, 3.8) is 0 Å². The van der Waals surface area contributed by atoms with Gasteiger partial charge in [-0.1, -0.05) is 12.2 Å². The largest absolute Gasteiger partial charge is 0.455 e. The normalized spacial score (nSPS) is 37.8. The van der Waals surface area contributed by atoms with Gasteiger partial charge in [-0.15, -0.1) is 0 Å². The zero-order valence-electron chi connectivity index (χ0n) is 11.0.